The highest BCUT2D eigenvalue weighted by Gasteiger charge is 2.32. The number of ether oxygens (including phenoxy) is 1. The predicted molar refractivity (Wildman–Crippen MR) is 132 cm³/mol. The molecule has 0 spiro atoms. The molecule has 3 aromatic rings. The van der Waals surface area contributed by atoms with Crippen LogP contribution < -0.4 is 5.32 Å². The Labute approximate surface area is 209 Å². The Kier molecular flexibility index (Phi) is 8.49. The Morgan fingerprint density at radius 2 is 1.91 bits per heavy atom. The van der Waals surface area contributed by atoms with Crippen LogP contribution in [0, 0.1) is 5.92 Å². The van der Waals surface area contributed by atoms with Crippen molar-refractivity contribution in [2.75, 3.05) is 26.2 Å². The zero-order valence-electron chi connectivity index (χ0n) is 20.1. The van der Waals surface area contributed by atoms with E-state index in [1.807, 2.05) is 66.6 Å². The van der Waals surface area contributed by atoms with Crippen molar-refractivity contribution in [3.8, 4) is 10.7 Å². The van der Waals surface area contributed by atoms with Gasteiger partial charge in [0.2, 0.25) is 17.6 Å². The molecule has 0 radical (unpaired) electrons. The van der Waals surface area contributed by atoms with Gasteiger partial charge in [-0.15, -0.1) is 11.3 Å². The minimum atomic E-state index is -0.626. The Bertz CT molecular complexity index is 1080. The zero-order chi connectivity index (χ0) is 24.6. The lowest BCUT2D eigenvalue weighted by Crippen LogP contribution is -2.56. The van der Waals surface area contributed by atoms with Crippen LogP contribution in [0.4, 0.5) is 4.79 Å². The van der Waals surface area contributed by atoms with Crippen LogP contribution in [0.5, 0.6) is 0 Å². The number of nitrogens with one attached hydrogen (secondary N) is 1. The van der Waals surface area contributed by atoms with Crippen LogP contribution in [-0.2, 0) is 22.7 Å². The van der Waals surface area contributed by atoms with Crippen molar-refractivity contribution in [2.45, 2.75) is 39.5 Å². The predicted octanol–water partition coefficient (Wildman–Crippen LogP) is 3.78. The van der Waals surface area contributed by atoms with Gasteiger partial charge in [-0.25, -0.2) is 4.79 Å². The molecule has 1 fully saturated rings. The van der Waals surface area contributed by atoms with E-state index in [0.29, 0.717) is 44.4 Å². The SMILES string of the molecule is CC[C@H](C)[C@H](NC(=O)OCc1ccccc1)C(=O)N1CCN(Cc2nc(-c3cccs3)no2)CC1. The van der Waals surface area contributed by atoms with Gasteiger partial charge in [0.25, 0.3) is 0 Å². The van der Waals surface area contributed by atoms with E-state index in [1.165, 1.54) is 0 Å². The minimum absolute atomic E-state index is 0.0149. The number of benzene rings is 1. The average Bonchev–Trinajstić information content (AvgIpc) is 3.59. The van der Waals surface area contributed by atoms with Crippen molar-refractivity contribution in [3.05, 3.63) is 59.3 Å². The summed E-state index contributed by atoms with van der Waals surface area (Å²) < 4.78 is 10.8. The fourth-order valence-electron chi connectivity index (χ4n) is 3.91. The van der Waals surface area contributed by atoms with Crippen LogP contribution in [-0.4, -0.2) is 64.2 Å². The van der Waals surface area contributed by atoms with E-state index < -0.39 is 12.1 Å². The molecule has 3 heterocycles. The van der Waals surface area contributed by atoms with Gasteiger partial charge in [-0.3, -0.25) is 9.69 Å². The van der Waals surface area contributed by atoms with Gasteiger partial charge in [0.05, 0.1) is 11.4 Å². The first-order valence-electron chi connectivity index (χ1n) is 11.9. The monoisotopic (exact) mass is 497 g/mol. The van der Waals surface area contributed by atoms with Gasteiger partial charge >= 0.3 is 6.09 Å². The highest BCUT2D eigenvalue weighted by molar-refractivity contribution is 7.13. The van der Waals surface area contributed by atoms with Crippen molar-refractivity contribution in [1.82, 2.24) is 25.3 Å². The average molecular weight is 498 g/mol. The second-order valence-electron chi connectivity index (χ2n) is 8.66. The van der Waals surface area contributed by atoms with E-state index >= 15 is 0 Å². The molecule has 2 amide bonds. The normalized spacial score (nSPS) is 16.0. The highest BCUT2D eigenvalue weighted by atomic mass is 32.1. The molecule has 4 rings (SSSR count). The molecule has 2 atom stereocenters. The second kappa shape index (κ2) is 11.9. The van der Waals surface area contributed by atoms with E-state index in [1.54, 1.807) is 11.3 Å². The zero-order valence-corrected chi connectivity index (χ0v) is 20.9. The summed E-state index contributed by atoms with van der Waals surface area (Å²) in [6.45, 7) is 7.20. The standard InChI is InChI=1S/C25H31N5O4S/c1-3-18(2)22(27-25(32)33-17-19-8-5-4-6-9-19)24(31)30-13-11-29(12-14-30)16-21-26-23(28-34-21)20-10-7-15-35-20/h4-10,15,18,22H,3,11-14,16-17H2,1-2H3,(H,27,32)/t18-,22-/m0/s1. The second-order valence-corrected chi connectivity index (χ2v) is 9.61. The first-order valence-corrected chi connectivity index (χ1v) is 12.8. The topological polar surface area (TPSA) is 101 Å². The number of piperazine rings is 1. The molecule has 1 aliphatic heterocycles. The van der Waals surface area contributed by atoms with E-state index in [0.717, 1.165) is 16.9 Å². The number of thiophene rings is 1. The number of carbonyl (C=O) groups is 2. The van der Waals surface area contributed by atoms with Gasteiger partial charge in [-0.2, -0.15) is 4.98 Å². The first-order chi connectivity index (χ1) is 17.0. The maximum absolute atomic E-state index is 13.3. The van der Waals surface area contributed by atoms with Crippen LogP contribution >= 0.6 is 11.3 Å². The molecule has 0 unspecified atom stereocenters. The number of hydrogen-bond donors (Lipinski definition) is 1. The van der Waals surface area contributed by atoms with Crippen LogP contribution in [0.1, 0.15) is 31.7 Å². The molecule has 10 heteroatoms. The number of hydrogen-bond acceptors (Lipinski definition) is 8. The Morgan fingerprint density at radius 1 is 1.14 bits per heavy atom. The van der Waals surface area contributed by atoms with Crippen molar-refractivity contribution >= 4 is 23.3 Å². The molecule has 35 heavy (non-hydrogen) atoms. The van der Waals surface area contributed by atoms with Crippen molar-refractivity contribution < 1.29 is 18.8 Å². The molecule has 0 bridgehead atoms. The lowest BCUT2D eigenvalue weighted by molar-refractivity contribution is -0.136. The third kappa shape index (κ3) is 6.67. The van der Waals surface area contributed by atoms with Crippen LogP contribution in [0.15, 0.2) is 52.4 Å². The fourth-order valence-corrected chi connectivity index (χ4v) is 4.56. The molecule has 0 saturated carbocycles. The number of rotatable bonds is 9. The van der Waals surface area contributed by atoms with Crippen molar-refractivity contribution in [1.29, 1.82) is 0 Å². The molecule has 1 aliphatic rings. The van der Waals surface area contributed by atoms with Gasteiger partial charge in [-0.05, 0) is 22.9 Å². The number of nitrogens with zero attached hydrogens (tertiary/aromatic N) is 4. The van der Waals surface area contributed by atoms with Crippen molar-refractivity contribution in [2.24, 2.45) is 5.92 Å². The lowest BCUT2D eigenvalue weighted by atomic mass is 9.97. The van der Waals surface area contributed by atoms with Crippen LogP contribution in [0.3, 0.4) is 0 Å². The number of alkyl carbamates (subject to hydrolysis) is 1. The molecule has 1 N–H and O–H groups in total. The van der Waals surface area contributed by atoms with Gasteiger partial charge < -0.3 is 19.5 Å². The lowest BCUT2D eigenvalue weighted by Gasteiger charge is -2.37. The van der Waals surface area contributed by atoms with Crippen LogP contribution in [0.2, 0.25) is 0 Å². The van der Waals surface area contributed by atoms with Gasteiger partial charge in [0.1, 0.15) is 12.6 Å². The molecular weight excluding hydrogens is 466 g/mol. The van der Waals surface area contributed by atoms with E-state index in [2.05, 4.69) is 20.4 Å². The summed E-state index contributed by atoms with van der Waals surface area (Å²) in [6.07, 6.45) is 0.183. The summed E-state index contributed by atoms with van der Waals surface area (Å²) in [6, 6.07) is 12.8. The first kappa shape index (κ1) is 24.9. The summed E-state index contributed by atoms with van der Waals surface area (Å²) in [4.78, 5) is 35.2. The quantitative estimate of drug-likeness (QED) is 0.480. The highest BCUT2D eigenvalue weighted by Crippen LogP contribution is 2.22. The molecule has 2 aromatic heterocycles. The molecular formula is C25H31N5O4S. The maximum Gasteiger partial charge on any atom is 0.408 e. The largest absolute Gasteiger partial charge is 0.445 e. The van der Waals surface area contributed by atoms with Gasteiger partial charge in [-0.1, -0.05) is 61.8 Å². The number of aromatic nitrogens is 2. The molecule has 1 saturated heterocycles. The minimum Gasteiger partial charge on any atom is -0.445 e. The summed E-state index contributed by atoms with van der Waals surface area (Å²) >= 11 is 1.57. The van der Waals surface area contributed by atoms with Crippen molar-refractivity contribution in [3.63, 3.8) is 0 Å². The van der Waals surface area contributed by atoms with Gasteiger partial charge in [0, 0.05) is 26.2 Å². The summed E-state index contributed by atoms with van der Waals surface area (Å²) in [5.41, 5.74) is 0.897. The number of amides is 2. The number of carbonyl (C=O) groups excluding carboxylic acids is 2. The molecule has 9 nitrogen and oxygen atoms in total. The molecule has 186 valence electrons. The van der Waals surface area contributed by atoms with E-state index in [-0.39, 0.29) is 18.4 Å². The summed E-state index contributed by atoms with van der Waals surface area (Å²) in [7, 11) is 0. The van der Waals surface area contributed by atoms with Crippen LogP contribution in [0.25, 0.3) is 10.7 Å². The van der Waals surface area contributed by atoms with E-state index in [9.17, 15) is 9.59 Å². The summed E-state index contributed by atoms with van der Waals surface area (Å²) in [5.74, 6) is 1.08. The Morgan fingerprint density at radius 3 is 2.60 bits per heavy atom. The summed E-state index contributed by atoms with van der Waals surface area (Å²) in [5, 5.41) is 8.84. The van der Waals surface area contributed by atoms with Gasteiger partial charge in [0.15, 0.2) is 0 Å². The molecule has 1 aromatic carbocycles. The smallest absolute Gasteiger partial charge is 0.408 e. The third-order valence-electron chi connectivity index (χ3n) is 6.22. The van der Waals surface area contributed by atoms with E-state index in [4.69, 9.17) is 9.26 Å². The third-order valence-corrected chi connectivity index (χ3v) is 7.08. The Balaban J connectivity index is 1.28. The molecule has 0 aliphatic carbocycles. The fraction of sp³-hybridized carbons (Fsp3) is 0.440. The Hall–Kier alpha value is -3.24. The maximum atomic E-state index is 13.3.